The summed E-state index contributed by atoms with van der Waals surface area (Å²) in [4.78, 5) is 10.2. The Labute approximate surface area is 172 Å². The fourth-order valence-corrected chi connectivity index (χ4v) is 4.14. The van der Waals surface area contributed by atoms with Crippen LogP contribution >= 0.6 is 11.7 Å². The first-order valence-corrected chi connectivity index (χ1v) is 10.0. The highest BCUT2D eigenvalue weighted by molar-refractivity contribution is 7.00. The van der Waals surface area contributed by atoms with Crippen LogP contribution in [0.3, 0.4) is 0 Å². The van der Waals surface area contributed by atoms with Crippen LogP contribution in [0.4, 0.5) is 0 Å². The van der Waals surface area contributed by atoms with E-state index in [1.165, 1.54) is 11.7 Å². The summed E-state index contributed by atoms with van der Waals surface area (Å²) in [7, 11) is 0. The molecule has 0 unspecified atom stereocenters. The molecule has 4 nitrogen and oxygen atoms in total. The minimum Gasteiger partial charge on any atom is -0.243 e. The standard InChI is InChI=1S/C24H16N4S/c1-3-10-18-23-19(15(2)20-24(18)28-29-27-20)25-21(16-11-6-4-7-12-16)22(26-23)17-13-8-5-9-14-17/h4-9,11-14H,1-2H3. The van der Waals surface area contributed by atoms with Gasteiger partial charge in [0.1, 0.15) is 16.6 Å². The maximum Gasteiger partial charge on any atom is 0.123 e. The lowest BCUT2D eigenvalue weighted by Gasteiger charge is -2.13. The third-order valence-electron chi connectivity index (χ3n) is 4.91. The first kappa shape index (κ1) is 17.5. The van der Waals surface area contributed by atoms with Gasteiger partial charge in [0, 0.05) is 16.7 Å². The van der Waals surface area contributed by atoms with Gasteiger partial charge in [-0.2, -0.15) is 8.75 Å². The lowest BCUT2D eigenvalue weighted by molar-refractivity contribution is 1.27. The number of aromatic nitrogens is 4. The topological polar surface area (TPSA) is 51.6 Å². The molecule has 0 spiro atoms. The summed E-state index contributed by atoms with van der Waals surface area (Å²) >= 11 is 1.20. The summed E-state index contributed by atoms with van der Waals surface area (Å²) < 4.78 is 8.98. The number of fused-ring (bicyclic) bond motifs is 2. The molecule has 0 aliphatic carbocycles. The summed E-state index contributed by atoms with van der Waals surface area (Å²) in [6.07, 6.45) is 0. The van der Waals surface area contributed by atoms with Crippen LogP contribution in [0.25, 0.3) is 44.6 Å². The number of rotatable bonds is 2. The van der Waals surface area contributed by atoms with E-state index in [2.05, 4.69) is 44.9 Å². The van der Waals surface area contributed by atoms with Crippen molar-refractivity contribution in [2.24, 2.45) is 0 Å². The predicted molar refractivity (Wildman–Crippen MR) is 119 cm³/mol. The molecule has 138 valence electrons. The Kier molecular flexibility index (Phi) is 4.27. The molecular weight excluding hydrogens is 376 g/mol. The molecule has 29 heavy (non-hydrogen) atoms. The van der Waals surface area contributed by atoms with Gasteiger partial charge < -0.3 is 0 Å². The number of nitrogens with zero attached hydrogens (tertiary/aromatic N) is 4. The van der Waals surface area contributed by atoms with Crippen molar-refractivity contribution in [3.05, 3.63) is 71.8 Å². The van der Waals surface area contributed by atoms with Crippen molar-refractivity contribution < 1.29 is 0 Å². The lowest BCUT2D eigenvalue weighted by Crippen LogP contribution is -2.00. The quantitative estimate of drug-likeness (QED) is 0.364. The minimum atomic E-state index is 0.774. The zero-order valence-corrected chi connectivity index (χ0v) is 16.8. The van der Waals surface area contributed by atoms with Gasteiger partial charge in [-0.15, -0.1) is 5.92 Å². The lowest BCUT2D eigenvalue weighted by atomic mass is 10.0. The molecule has 0 radical (unpaired) electrons. The molecule has 0 aliphatic heterocycles. The number of hydrogen-bond acceptors (Lipinski definition) is 5. The van der Waals surface area contributed by atoms with Crippen molar-refractivity contribution in [2.45, 2.75) is 13.8 Å². The third-order valence-corrected chi connectivity index (χ3v) is 5.44. The first-order chi connectivity index (χ1) is 14.3. The van der Waals surface area contributed by atoms with Crippen molar-refractivity contribution in [3.8, 4) is 34.4 Å². The SMILES string of the molecule is CC#Cc1c2nsnc2c(C)c2nc(-c3ccccc3)c(-c3ccccc3)nc12. The molecule has 5 aromatic rings. The summed E-state index contributed by atoms with van der Waals surface area (Å²) in [6.45, 7) is 3.85. The Hall–Kier alpha value is -3.62. The van der Waals surface area contributed by atoms with Gasteiger partial charge in [-0.05, 0) is 13.8 Å². The van der Waals surface area contributed by atoms with Gasteiger partial charge in [-0.1, -0.05) is 66.6 Å². The van der Waals surface area contributed by atoms with E-state index in [0.717, 1.165) is 55.7 Å². The molecule has 2 heterocycles. The molecule has 0 saturated heterocycles. The summed E-state index contributed by atoms with van der Waals surface area (Å²) in [5, 5.41) is 0. The second-order valence-corrected chi connectivity index (χ2v) is 7.21. The maximum absolute atomic E-state index is 5.10. The second kappa shape index (κ2) is 7.08. The third kappa shape index (κ3) is 2.86. The van der Waals surface area contributed by atoms with Gasteiger partial charge >= 0.3 is 0 Å². The molecular formula is C24H16N4S. The Morgan fingerprint density at radius 1 is 0.690 bits per heavy atom. The Bertz CT molecular complexity index is 1410. The molecule has 0 amide bonds. The van der Waals surface area contributed by atoms with Gasteiger partial charge in [0.05, 0.1) is 34.2 Å². The molecule has 0 aliphatic rings. The summed E-state index contributed by atoms with van der Waals surface area (Å²) in [5.74, 6) is 6.20. The van der Waals surface area contributed by atoms with Crippen molar-refractivity contribution in [3.63, 3.8) is 0 Å². The monoisotopic (exact) mass is 392 g/mol. The van der Waals surface area contributed by atoms with Crippen LogP contribution in [-0.4, -0.2) is 18.7 Å². The average Bonchev–Trinajstić information content (AvgIpc) is 3.27. The molecule has 0 N–H and O–H groups in total. The largest absolute Gasteiger partial charge is 0.243 e. The first-order valence-electron chi connectivity index (χ1n) is 9.28. The highest BCUT2D eigenvalue weighted by Gasteiger charge is 2.20. The van der Waals surface area contributed by atoms with E-state index in [4.69, 9.17) is 9.97 Å². The summed E-state index contributed by atoms with van der Waals surface area (Å²) in [6, 6.07) is 20.3. The highest BCUT2D eigenvalue weighted by Crippen LogP contribution is 2.35. The number of hydrogen-bond donors (Lipinski definition) is 0. The molecule has 0 saturated carbocycles. The maximum atomic E-state index is 5.10. The predicted octanol–water partition coefficient (Wildman–Crippen LogP) is 5.65. The fraction of sp³-hybridized carbons (Fsp3) is 0.0833. The number of aryl methyl sites for hydroxylation is 1. The van der Waals surface area contributed by atoms with E-state index in [0.29, 0.717) is 0 Å². The molecule has 0 atom stereocenters. The summed E-state index contributed by atoms with van der Waals surface area (Å²) in [5.41, 5.74) is 8.75. The molecule has 2 aromatic heterocycles. The van der Waals surface area contributed by atoms with E-state index in [1.54, 1.807) is 0 Å². The van der Waals surface area contributed by atoms with Gasteiger partial charge in [0.15, 0.2) is 0 Å². The van der Waals surface area contributed by atoms with E-state index >= 15 is 0 Å². The van der Waals surface area contributed by atoms with Crippen molar-refractivity contribution in [2.75, 3.05) is 0 Å². The van der Waals surface area contributed by atoms with Crippen molar-refractivity contribution in [1.29, 1.82) is 0 Å². The van der Waals surface area contributed by atoms with Gasteiger partial charge in [-0.25, -0.2) is 9.97 Å². The minimum absolute atomic E-state index is 0.774. The van der Waals surface area contributed by atoms with Crippen molar-refractivity contribution in [1.82, 2.24) is 18.7 Å². The molecule has 5 rings (SSSR count). The zero-order valence-electron chi connectivity index (χ0n) is 16.0. The zero-order chi connectivity index (χ0) is 19.8. The Balaban J connectivity index is 1.97. The van der Waals surface area contributed by atoms with Crippen LogP contribution in [0, 0.1) is 18.8 Å². The van der Waals surface area contributed by atoms with E-state index in [-0.39, 0.29) is 0 Å². The number of benzene rings is 3. The molecule has 0 bridgehead atoms. The van der Waals surface area contributed by atoms with E-state index in [1.807, 2.05) is 50.2 Å². The van der Waals surface area contributed by atoms with Gasteiger partial charge in [0.2, 0.25) is 0 Å². The molecule has 0 fully saturated rings. The van der Waals surface area contributed by atoms with E-state index < -0.39 is 0 Å². The van der Waals surface area contributed by atoms with Gasteiger partial charge in [0.25, 0.3) is 0 Å². The molecule has 5 heteroatoms. The van der Waals surface area contributed by atoms with Crippen LogP contribution < -0.4 is 0 Å². The fourth-order valence-electron chi connectivity index (χ4n) is 3.53. The Morgan fingerprint density at radius 3 is 1.83 bits per heavy atom. The highest BCUT2D eigenvalue weighted by atomic mass is 32.1. The smallest absolute Gasteiger partial charge is 0.123 e. The van der Waals surface area contributed by atoms with Crippen LogP contribution in [0.2, 0.25) is 0 Å². The van der Waals surface area contributed by atoms with Crippen LogP contribution in [0.15, 0.2) is 60.7 Å². The van der Waals surface area contributed by atoms with Gasteiger partial charge in [-0.3, -0.25) is 0 Å². The average molecular weight is 392 g/mol. The normalized spacial score (nSPS) is 10.8. The van der Waals surface area contributed by atoms with Crippen molar-refractivity contribution >= 4 is 33.8 Å². The van der Waals surface area contributed by atoms with E-state index in [9.17, 15) is 0 Å². The van der Waals surface area contributed by atoms with Crippen LogP contribution in [-0.2, 0) is 0 Å². The van der Waals surface area contributed by atoms with Crippen LogP contribution in [0.1, 0.15) is 18.1 Å². The molecule has 3 aromatic carbocycles. The second-order valence-electron chi connectivity index (χ2n) is 6.69. The van der Waals surface area contributed by atoms with Crippen LogP contribution in [0.5, 0.6) is 0 Å². The Morgan fingerprint density at radius 2 is 1.24 bits per heavy atom.